The van der Waals surface area contributed by atoms with Crippen LogP contribution in [0.4, 0.5) is 0 Å². The van der Waals surface area contributed by atoms with Crippen molar-refractivity contribution in [1.29, 1.82) is 0 Å². The average molecular weight is 345 g/mol. The molecule has 1 nitrogen and oxygen atoms in total. The second kappa shape index (κ2) is 7.73. The van der Waals surface area contributed by atoms with E-state index in [-0.39, 0.29) is 24.8 Å². The van der Waals surface area contributed by atoms with E-state index in [4.69, 9.17) is 3.72 Å². The van der Waals surface area contributed by atoms with Gasteiger partial charge in [-0.1, -0.05) is 0 Å². The Labute approximate surface area is 85.0 Å². The van der Waals surface area contributed by atoms with Crippen molar-refractivity contribution in [3.8, 4) is 0 Å². The van der Waals surface area contributed by atoms with Crippen LogP contribution in [0.3, 0.4) is 0 Å². The second-order valence-electron chi connectivity index (χ2n) is 1.51. The van der Waals surface area contributed by atoms with Crippen LogP contribution in [-0.4, -0.2) is 0 Å². The molecule has 56 valence electrons. The van der Waals surface area contributed by atoms with Crippen molar-refractivity contribution in [2.24, 2.45) is 3.72 Å². The Balaban J connectivity index is 0. The summed E-state index contributed by atoms with van der Waals surface area (Å²) in [6.45, 7) is 0. The number of benzene rings is 1. The normalized spacial score (nSPS) is 6.90. The fourth-order valence-corrected chi connectivity index (χ4v) is 1.92. The van der Waals surface area contributed by atoms with E-state index in [9.17, 15) is 0 Å². The van der Waals surface area contributed by atoms with Gasteiger partial charge in [0.05, 0.1) is 0 Å². The van der Waals surface area contributed by atoms with Crippen LogP contribution in [0.25, 0.3) is 0 Å². The molecule has 0 spiro atoms. The zero-order valence-corrected chi connectivity index (χ0v) is 10.5. The molecule has 4 heteroatoms. The summed E-state index contributed by atoms with van der Waals surface area (Å²) in [6, 6.07) is 10.3. The van der Waals surface area contributed by atoms with Crippen molar-refractivity contribution in [2.45, 2.75) is 0 Å². The van der Waals surface area contributed by atoms with Crippen LogP contribution in [0.15, 0.2) is 30.3 Å². The molecule has 0 aliphatic rings. The molecule has 1 aromatic rings. The van der Waals surface area contributed by atoms with Crippen molar-refractivity contribution in [1.82, 2.24) is 0 Å². The van der Waals surface area contributed by atoms with Gasteiger partial charge >= 0.3 is 60.6 Å². The summed E-state index contributed by atoms with van der Waals surface area (Å²) in [7, 11) is 0. The van der Waals surface area contributed by atoms with Crippen LogP contribution in [-0.2, 0) is 23.2 Å². The van der Waals surface area contributed by atoms with Crippen LogP contribution < -0.4 is 7.04 Å². The summed E-state index contributed by atoms with van der Waals surface area (Å²) in [4.78, 5) is 0. The van der Waals surface area contributed by atoms with Gasteiger partial charge in [0.15, 0.2) is 0 Å². The molecule has 0 aliphatic carbocycles. The van der Waals surface area contributed by atoms with E-state index < -0.39 is 23.2 Å². The summed E-state index contributed by atoms with van der Waals surface area (Å²) < 4.78 is 6.93. The van der Waals surface area contributed by atoms with E-state index in [0.29, 0.717) is 0 Å². The molecule has 10 heavy (non-hydrogen) atoms. The van der Waals surface area contributed by atoms with Gasteiger partial charge < -0.3 is 0 Å². The molecule has 0 fully saturated rings. The monoisotopic (exact) mass is 345 g/mol. The molecular weight excluding hydrogens is 335 g/mol. The predicted molar refractivity (Wildman–Crippen MR) is 44.8 cm³/mol. The van der Waals surface area contributed by atoms with Crippen LogP contribution >= 0.6 is 24.8 Å². The van der Waals surface area contributed by atoms with Crippen molar-refractivity contribution >= 4 is 28.1 Å². The molecule has 0 aliphatic heterocycles. The molecular formula is C6H9Cl2HfN. The molecule has 0 radical (unpaired) electrons. The minimum atomic E-state index is -0.828. The van der Waals surface area contributed by atoms with Crippen LogP contribution in [0, 0.1) is 0 Å². The Morgan fingerprint density at radius 2 is 1.50 bits per heavy atom. The van der Waals surface area contributed by atoms with Crippen molar-refractivity contribution < 1.29 is 23.2 Å². The first-order valence-electron chi connectivity index (χ1n) is 2.45. The zero-order valence-electron chi connectivity index (χ0n) is 5.28. The Hall–Kier alpha value is 0.630. The summed E-state index contributed by atoms with van der Waals surface area (Å²) in [5.41, 5.74) is 0. The molecule has 0 unspecified atom stereocenters. The first-order chi connectivity index (χ1) is 3.93. The summed E-state index contributed by atoms with van der Waals surface area (Å²) >= 11 is -0.828. The average Bonchev–Trinajstić information content (AvgIpc) is 1.90. The first kappa shape index (κ1) is 13.2. The van der Waals surface area contributed by atoms with Crippen molar-refractivity contribution in [2.75, 3.05) is 0 Å². The molecule has 0 atom stereocenters. The number of nitrogens with two attached hydrogens (primary N) is 1. The van der Waals surface area contributed by atoms with E-state index in [1.54, 1.807) is 0 Å². The Morgan fingerprint density at radius 3 is 1.80 bits per heavy atom. The van der Waals surface area contributed by atoms with E-state index in [1.807, 2.05) is 18.2 Å². The zero-order chi connectivity index (χ0) is 5.82. The second-order valence-corrected chi connectivity index (χ2v) is 4.62. The third kappa shape index (κ3) is 4.45. The molecule has 2 N–H and O–H groups in total. The fraction of sp³-hybridized carbons (Fsp3) is 0. The van der Waals surface area contributed by atoms with Gasteiger partial charge in [-0.05, 0) is 0 Å². The first-order valence-corrected chi connectivity index (χ1v) is 6.32. The van der Waals surface area contributed by atoms with Gasteiger partial charge in [-0.3, -0.25) is 0 Å². The van der Waals surface area contributed by atoms with Crippen molar-refractivity contribution in [3.05, 3.63) is 30.3 Å². The van der Waals surface area contributed by atoms with Crippen LogP contribution in [0.1, 0.15) is 0 Å². The van der Waals surface area contributed by atoms with Gasteiger partial charge in [0.25, 0.3) is 0 Å². The van der Waals surface area contributed by atoms with E-state index >= 15 is 0 Å². The molecule has 0 aromatic heterocycles. The van der Waals surface area contributed by atoms with Crippen molar-refractivity contribution in [3.63, 3.8) is 0 Å². The quantitative estimate of drug-likeness (QED) is 0.759. The third-order valence-corrected chi connectivity index (χ3v) is 3.34. The molecule has 0 amide bonds. The van der Waals surface area contributed by atoms with Gasteiger partial charge in [-0.25, -0.2) is 0 Å². The standard InChI is InChI=1S/C6H5.2ClH.Hf.H2N/c1-2-4-6-5-3-1;;;;/h1-5H;2*1H;;1H2/q;;;+1;-1. The number of halogens is 2. The summed E-state index contributed by atoms with van der Waals surface area (Å²) in [5.74, 6) is 0. The Bertz CT molecular complexity index is 157. The van der Waals surface area contributed by atoms with E-state index in [1.165, 1.54) is 3.32 Å². The summed E-state index contributed by atoms with van der Waals surface area (Å²) in [6.07, 6.45) is 0. The molecule has 0 saturated carbocycles. The predicted octanol–water partition coefficient (Wildman–Crippen LogP) is 1.11. The number of rotatable bonds is 1. The van der Waals surface area contributed by atoms with Gasteiger partial charge in [0, 0.05) is 0 Å². The summed E-state index contributed by atoms with van der Waals surface area (Å²) in [5, 5.41) is 0. The molecule has 0 heterocycles. The van der Waals surface area contributed by atoms with Gasteiger partial charge in [-0.2, -0.15) is 0 Å². The topological polar surface area (TPSA) is 26.0 Å². The SMILES string of the molecule is Cl.Cl.[NH2][Hf][c]1ccccc1. The number of hydrogen-bond donors (Lipinski definition) is 1. The van der Waals surface area contributed by atoms with Crippen LogP contribution in [0.5, 0.6) is 0 Å². The maximum absolute atomic E-state index is 5.54. The maximum atomic E-state index is 5.54. The van der Waals surface area contributed by atoms with E-state index in [2.05, 4.69) is 12.1 Å². The van der Waals surface area contributed by atoms with Crippen LogP contribution in [0.2, 0.25) is 0 Å². The molecule has 1 rings (SSSR count). The van der Waals surface area contributed by atoms with Gasteiger partial charge in [0.1, 0.15) is 0 Å². The van der Waals surface area contributed by atoms with E-state index in [0.717, 1.165) is 0 Å². The Morgan fingerprint density at radius 1 is 1.00 bits per heavy atom. The molecule has 1 aromatic carbocycles. The van der Waals surface area contributed by atoms with Gasteiger partial charge in [0.2, 0.25) is 0 Å². The van der Waals surface area contributed by atoms with Gasteiger partial charge in [-0.15, -0.1) is 24.8 Å². The minimum absolute atomic E-state index is 0. The third-order valence-electron chi connectivity index (χ3n) is 0.940. The molecule has 0 saturated heterocycles. The molecule has 0 bridgehead atoms. The fourth-order valence-electron chi connectivity index (χ4n) is 0.534. The Kier molecular flexibility index (Phi) is 10.2. The number of hydrogen-bond acceptors (Lipinski definition) is 1.